The van der Waals surface area contributed by atoms with Gasteiger partial charge in [-0.05, 0) is 42.5 Å². The van der Waals surface area contributed by atoms with Crippen LogP contribution in [-0.2, 0) is 19.3 Å². The van der Waals surface area contributed by atoms with Crippen LogP contribution in [0.1, 0.15) is 34.8 Å². The number of hydrogen-bond donors (Lipinski definition) is 3. The molecule has 142 valence electrons. The minimum Gasteiger partial charge on any atom is -0.390 e. The van der Waals surface area contributed by atoms with E-state index in [1.54, 1.807) is 0 Å². The molecule has 2 amide bonds. The molecule has 0 radical (unpaired) electrons. The Bertz CT molecular complexity index is 1030. The molecular weight excluding hydrogens is 352 g/mol. The standard InChI is InChI=1S/C22H22N4O2/c27-19-13-14-7-4-5-10-16(14)20(19)23-22(28)24-21-17-11-6-12-18(17)25-26(21)15-8-2-1-3-9-15/h1-5,7-10,19-20,27H,6,11-13H2,(H2,23,24,28)/t19-,20-/m0/s1. The number of benzene rings is 2. The van der Waals surface area contributed by atoms with Gasteiger partial charge in [0.1, 0.15) is 5.82 Å². The summed E-state index contributed by atoms with van der Waals surface area (Å²) >= 11 is 0. The molecule has 0 spiro atoms. The fourth-order valence-corrected chi connectivity index (χ4v) is 4.31. The molecule has 28 heavy (non-hydrogen) atoms. The maximum Gasteiger partial charge on any atom is 0.320 e. The third-order valence-corrected chi connectivity index (χ3v) is 5.63. The average molecular weight is 374 g/mol. The van der Waals surface area contributed by atoms with Crippen molar-refractivity contribution in [2.45, 2.75) is 37.8 Å². The van der Waals surface area contributed by atoms with Gasteiger partial charge in [-0.15, -0.1) is 0 Å². The van der Waals surface area contributed by atoms with Crippen molar-refractivity contribution in [2.24, 2.45) is 0 Å². The smallest absolute Gasteiger partial charge is 0.320 e. The number of aliphatic hydroxyl groups is 1. The summed E-state index contributed by atoms with van der Waals surface area (Å²) < 4.78 is 1.81. The zero-order valence-corrected chi connectivity index (χ0v) is 15.4. The first-order chi connectivity index (χ1) is 13.7. The van der Waals surface area contributed by atoms with Gasteiger partial charge in [-0.1, -0.05) is 42.5 Å². The summed E-state index contributed by atoms with van der Waals surface area (Å²) in [6.45, 7) is 0. The van der Waals surface area contributed by atoms with Gasteiger partial charge in [0.05, 0.1) is 23.5 Å². The summed E-state index contributed by atoms with van der Waals surface area (Å²) in [4.78, 5) is 12.8. The van der Waals surface area contributed by atoms with Crippen molar-refractivity contribution >= 4 is 11.8 Å². The molecule has 1 aromatic heterocycles. The van der Waals surface area contributed by atoms with Crippen LogP contribution in [0.2, 0.25) is 0 Å². The first-order valence-corrected chi connectivity index (χ1v) is 9.70. The van der Waals surface area contributed by atoms with E-state index in [4.69, 9.17) is 5.10 Å². The second-order valence-electron chi connectivity index (χ2n) is 7.42. The molecule has 6 heteroatoms. The number of rotatable bonds is 3. The van der Waals surface area contributed by atoms with Crippen LogP contribution in [0.25, 0.3) is 5.69 Å². The molecule has 2 aliphatic rings. The molecule has 3 aromatic rings. The fourth-order valence-electron chi connectivity index (χ4n) is 4.31. The summed E-state index contributed by atoms with van der Waals surface area (Å²) in [6.07, 6.45) is 2.83. The second-order valence-corrected chi connectivity index (χ2v) is 7.42. The summed E-state index contributed by atoms with van der Waals surface area (Å²) in [5.41, 5.74) is 5.12. The quantitative estimate of drug-likeness (QED) is 0.659. The van der Waals surface area contributed by atoms with Crippen LogP contribution in [0.4, 0.5) is 10.6 Å². The topological polar surface area (TPSA) is 79.2 Å². The second kappa shape index (κ2) is 6.80. The summed E-state index contributed by atoms with van der Waals surface area (Å²) in [7, 11) is 0. The number of para-hydroxylation sites is 1. The lowest BCUT2D eigenvalue weighted by Gasteiger charge is -2.19. The van der Waals surface area contributed by atoms with E-state index in [0.717, 1.165) is 53.2 Å². The highest BCUT2D eigenvalue weighted by atomic mass is 16.3. The number of amides is 2. The van der Waals surface area contributed by atoms with Gasteiger partial charge in [0, 0.05) is 12.0 Å². The highest BCUT2D eigenvalue weighted by molar-refractivity contribution is 5.90. The lowest BCUT2D eigenvalue weighted by Crippen LogP contribution is -2.37. The number of aryl methyl sites for hydroxylation is 1. The predicted molar refractivity (Wildman–Crippen MR) is 107 cm³/mol. The number of carbonyl (C=O) groups excluding carboxylic acids is 1. The minimum absolute atomic E-state index is 0.326. The molecule has 6 nitrogen and oxygen atoms in total. The molecule has 5 rings (SSSR count). The molecular formula is C22H22N4O2. The molecule has 0 aliphatic heterocycles. The molecule has 2 atom stereocenters. The van der Waals surface area contributed by atoms with E-state index in [2.05, 4.69) is 10.6 Å². The molecule has 0 fully saturated rings. The fraction of sp³-hybridized carbons (Fsp3) is 0.273. The van der Waals surface area contributed by atoms with E-state index in [-0.39, 0.29) is 6.03 Å². The van der Waals surface area contributed by atoms with Gasteiger partial charge in [-0.25, -0.2) is 9.48 Å². The SMILES string of the molecule is O=C(Nc1c2c(nn1-c1ccccc1)CCC2)N[C@H]1c2ccccc2C[C@@H]1O. The Balaban J connectivity index is 1.42. The Morgan fingerprint density at radius 2 is 1.86 bits per heavy atom. The van der Waals surface area contributed by atoms with E-state index < -0.39 is 12.1 Å². The molecule has 1 heterocycles. The summed E-state index contributed by atoms with van der Waals surface area (Å²) in [5, 5.41) is 21.1. The number of urea groups is 1. The Hall–Kier alpha value is -3.12. The van der Waals surface area contributed by atoms with Crippen molar-refractivity contribution in [3.8, 4) is 5.69 Å². The highest BCUT2D eigenvalue weighted by Crippen LogP contribution is 2.33. The van der Waals surface area contributed by atoms with Crippen LogP contribution < -0.4 is 10.6 Å². The number of nitrogens with one attached hydrogen (secondary N) is 2. The lowest BCUT2D eigenvalue weighted by atomic mass is 10.1. The van der Waals surface area contributed by atoms with E-state index in [0.29, 0.717) is 6.42 Å². The van der Waals surface area contributed by atoms with Gasteiger partial charge >= 0.3 is 6.03 Å². The Kier molecular flexibility index (Phi) is 4.13. The van der Waals surface area contributed by atoms with Crippen molar-refractivity contribution in [1.82, 2.24) is 15.1 Å². The van der Waals surface area contributed by atoms with E-state index in [9.17, 15) is 9.90 Å². The van der Waals surface area contributed by atoms with Crippen LogP contribution in [0.15, 0.2) is 54.6 Å². The Morgan fingerprint density at radius 3 is 2.71 bits per heavy atom. The van der Waals surface area contributed by atoms with Crippen LogP contribution in [0.5, 0.6) is 0 Å². The first kappa shape index (κ1) is 17.0. The number of hydrogen-bond acceptors (Lipinski definition) is 3. The van der Waals surface area contributed by atoms with Crippen molar-refractivity contribution in [2.75, 3.05) is 5.32 Å². The zero-order valence-electron chi connectivity index (χ0n) is 15.4. The number of carbonyl (C=O) groups is 1. The number of aliphatic hydroxyl groups excluding tert-OH is 1. The monoisotopic (exact) mass is 374 g/mol. The largest absolute Gasteiger partial charge is 0.390 e. The minimum atomic E-state index is -0.618. The Morgan fingerprint density at radius 1 is 1.07 bits per heavy atom. The third kappa shape index (κ3) is 2.86. The lowest BCUT2D eigenvalue weighted by molar-refractivity contribution is 0.144. The Labute approximate surface area is 163 Å². The third-order valence-electron chi connectivity index (χ3n) is 5.63. The van der Waals surface area contributed by atoms with Crippen molar-refractivity contribution in [3.63, 3.8) is 0 Å². The molecule has 2 aliphatic carbocycles. The van der Waals surface area contributed by atoms with Gasteiger partial charge in [0.15, 0.2) is 0 Å². The normalized spacial score (nSPS) is 19.9. The van der Waals surface area contributed by atoms with Crippen molar-refractivity contribution in [1.29, 1.82) is 0 Å². The highest BCUT2D eigenvalue weighted by Gasteiger charge is 2.32. The van der Waals surface area contributed by atoms with E-state index in [1.807, 2.05) is 59.3 Å². The van der Waals surface area contributed by atoms with Gasteiger partial charge in [0.25, 0.3) is 0 Å². The van der Waals surface area contributed by atoms with Gasteiger partial charge in [-0.3, -0.25) is 5.32 Å². The van der Waals surface area contributed by atoms with E-state index in [1.165, 1.54) is 0 Å². The maximum atomic E-state index is 12.8. The van der Waals surface area contributed by atoms with Crippen LogP contribution in [-0.4, -0.2) is 27.0 Å². The van der Waals surface area contributed by atoms with Gasteiger partial charge < -0.3 is 10.4 Å². The molecule has 0 saturated heterocycles. The summed E-state index contributed by atoms with van der Waals surface area (Å²) in [6, 6.07) is 16.9. The number of aromatic nitrogens is 2. The first-order valence-electron chi connectivity index (χ1n) is 9.70. The van der Waals surface area contributed by atoms with Crippen molar-refractivity contribution in [3.05, 3.63) is 77.0 Å². The summed E-state index contributed by atoms with van der Waals surface area (Å²) in [5.74, 6) is 0.719. The predicted octanol–water partition coefficient (Wildman–Crippen LogP) is 3.14. The van der Waals surface area contributed by atoms with Gasteiger partial charge in [-0.2, -0.15) is 5.10 Å². The average Bonchev–Trinajstić information content (AvgIpc) is 3.38. The van der Waals surface area contributed by atoms with Crippen LogP contribution in [0, 0.1) is 0 Å². The molecule has 3 N–H and O–H groups in total. The number of fused-ring (bicyclic) bond motifs is 2. The van der Waals surface area contributed by atoms with Gasteiger partial charge in [0.2, 0.25) is 0 Å². The van der Waals surface area contributed by atoms with Crippen molar-refractivity contribution < 1.29 is 9.90 Å². The number of nitrogens with zero attached hydrogens (tertiary/aromatic N) is 2. The molecule has 0 unspecified atom stereocenters. The molecule has 2 aromatic carbocycles. The maximum absolute atomic E-state index is 12.8. The molecule has 0 bridgehead atoms. The zero-order chi connectivity index (χ0) is 19.1. The van der Waals surface area contributed by atoms with Crippen LogP contribution >= 0.6 is 0 Å². The van der Waals surface area contributed by atoms with Crippen LogP contribution in [0.3, 0.4) is 0 Å². The van der Waals surface area contributed by atoms with E-state index >= 15 is 0 Å². The molecule has 0 saturated carbocycles. The number of anilines is 1.